The van der Waals surface area contributed by atoms with Crippen molar-refractivity contribution >= 4 is 5.91 Å². The first-order valence-electron chi connectivity index (χ1n) is 8.19. The van der Waals surface area contributed by atoms with Crippen LogP contribution in [-0.4, -0.2) is 18.6 Å². The number of carbonyl (C=O) groups excluding carboxylic acids is 1. The maximum atomic E-state index is 13.5. The Morgan fingerprint density at radius 2 is 1.85 bits per heavy atom. The average Bonchev–Trinajstić information content (AvgIpc) is 2.60. The van der Waals surface area contributed by atoms with Crippen LogP contribution in [0.3, 0.4) is 0 Å². The minimum atomic E-state index is -4.54. The smallest absolute Gasteiger partial charge is 0.419 e. The zero-order valence-corrected chi connectivity index (χ0v) is 14.4. The summed E-state index contributed by atoms with van der Waals surface area (Å²) in [6, 6.07) is 7.19. The quantitative estimate of drug-likeness (QED) is 0.711. The lowest BCUT2D eigenvalue weighted by Crippen LogP contribution is -2.37. The largest absolute Gasteiger partial charge is 0.491 e. The van der Waals surface area contributed by atoms with Crippen LogP contribution < -0.4 is 10.1 Å². The second kappa shape index (κ2) is 8.83. The molecule has 0 heterocycles. The Labute approximate surface area is 153 Å². The molecule has 0 aliphatic rings. The molecule has 2 aromatic rings. The molecule has 1 N–H and O–H groups in total. The summed E-state index contributed by atoms with van der Waals surface area (Å²) < 4.78 is 70.5. The highest BCUT2D eigenvalue weighted by Crippen LogP contribution is 2.35. The third kappa shape index (κ3) is 6.23. The third-order valence-corrected chi connectivity index (χ3v) is 3.72. The topological polar surface area (TPSA) is 38.3 Å². The first-order chi connectivity index (χ1) is 12.7. The lowest BCUT2D eigenvalue weighted by molar-refractivity contribution is -0.139. The van der Waals surface area contributed by atoms with E-state index in [1.165, 1.54) is 18.2 Å². The molecule has 2 aromatic carbocycles. The third-order valence-electron chi connectivity index (χ3n) is 3.72. The fourth-order valence-corrected chi connectivity index (χ4v) is 2.41. The van der Waals surface area contributed by atoms with Crippen LogP contribution in [0.4, 0.5) is 22.0 Å². The molecule has 27 heavy (non-hydrogen) atoms. The molecule has 0 bridgehead atoms. The van der Waals surface area contributed by atoms with Gasteiger partial charge in [-0.2, -0.15) is 13.2 Å². The van der Waals surface area contributed by atoms with Gasteiger partial charge in [0, 0.05) is 6.42 Å². The molecule has 0 fully saturated rings. The Balaban J connectivity index is 1.85. The number of aryl methyl sites for hydroxylation is 1. The van der Waals surface area contributed by atoms with Gasteiger partial charge in [-0.3, -0.25) is 4.79 Å². The standard InChI is InChI=1S/C19H18F5NO2/c1-12(11-27-17-5-3-2-4-15(17)19(22,23)24)25-18(26)9-6-13-10-14(20)7-8-16(13)21/h2-5,7-8,10,12H,6,9,11H2,1H3,(H,25,26). The first-order valence-corrected chi connectivity index (χ1v) is 8.19. The molecule has 1 atom stereocenters. The minimum absolute atomic E-state index is 0.0000884. The molecule has 0 saturated carbocycles. The monoisotopic (exact) mass is 387 g/mol. The van der Waals surface area contributed by atoms with Crippen LogP contribution >= 0.6 is 0 Å². The van der Waals surface area contributed by atoms with Crippen molar-refractivity contribution in [2.45, 2.75) is 32.0 Å². The van der Waals surface area contributed by atoms with Gasteiger partial charge in [-0.25, -0.2) is 8.78 Å². The Hall–Kier alpha value is -2.64. The predicted octanol–water partition coefficient (Wildman–Crippen LogP) is 4.50. The highest BCUT2D eigenvalue weighted by molar-refractivity contribution is 5.76. The van der Waals surface area contributed by atoms with Crippen molar-refractivity contribution < 1.29 is 31.5 Å². The van der Waals surface area contributed by atoms with Crippen LogP contribution in [0.25, 0.3) is 0 Å². The van der Waals surface area contributed by atoms with Crippen molar-refractivity contribution in [3.05, 3.63) is 65.2 Å². The Bertz CT molecular complexity index is 792. The molecular weight excluding hydrogens is 369 g/mol. The Kier molecular flexibility index (Phi) is 6.76. The van der Waals surface area contributed by atoms with Gasteiger partial charge >= 0.3 is 6.18 Å². The van der Waals surface area contributed by atoms with E-state index in [1.54, 1.807) is 6.92 Å². The van der Waals surface area contributed by atoms with Gasteiger partial charge in [-0.05, 0) is 49.2 Å². The van der Waals surface area contributed by atoms with E-state index in [-0.39, 0.29) is 30.8 Å². The highest BCUT2D eigenvalue weighted by atomic mass is 19.4. The maximum absolute atomic E-state index is 13.5. The fourth-order valence-electron chi connectivity index (χ4n) is 2.41. The van der Waals surface area contributed by atoms with Gasteiger partial charge in [0.05, 0.1) is 11.6 Å². The molecule has 0 spiro atoms. The van der Waals surface area contributed by atoms with Gasteiger partial charge in [-0.1, -0.05) is 12.1 Å². The minimum Gasteiger partial charge on any atom is -0.491 e. The molecule has 0 aliphatic carbocycles. The zero-order chi connectivity index (χ0) is 20.0. The van der Waals surface area contributed by atoms with E-state index in [2.05, 4.69) is 5.32 Å². The van der Waals surface area contributed by atoms with Gasteiger partial charge in [0.15, 0.2) is 0 Å². The number of carbonyl (C=O) groups is 1. The second-order valence-corrected chi connectivity index (χ2v) is 6.01. The molecule has 1 unspecified atom stereocenters. The second-order valence-electron chi connectivity index (χ2n) is 6.01. The van der Waals surface area contributed by atoms with Gasteiger partial charge in [-0.15, -0.1) is 0 Å². The number of nitrogens with one attached hydrogen (secondary N) is 1. The number of amides is 1. The van der Waals surface area contributed by atoms with Crippen LogP contribution in [0.5, 0.6) is 5.75 Å². The number of para-hydroxylation sites is 1. The van der Waals surface area contributed by atoms with E-state index >= 15 is 0 Å². The summed E-state index contributed by atoms with van der Waals surface area (Å²) >= 11 is 0. The zero-order valence-electron chi connectivity index (χ0n) is 14.4. The summed E-state index contributed by atoms with van der Waals surface area (Å²) in [5, 5.41) is 2.55. The van der Waals surface area contributed by atoms with E-state index in [1.807, 2.05) is 0 Å². The van der Waals surface area contributed by atoms with Crippen molar-refractivity contribution in [1.82, 2.24) is 5.32 Å². The maximum Gasteiger partial charge on any atom is 0.419 e. The molecule has 1 amide bonds. The van der Waals surface area contributed by atoms with E-state index in [0.29, 0.717) is 0 Å². The van der Waals surface area contributed by atoms with E-state index in [0.717, 1.165) is 24.3 Å². The average molecular weight is 387 g/mol. The Morgan fingerprint density at radius 3 is 2.56 bits per heavy atom. The predicted molar refractivity (Wildman–Crippen MR) is 89.2 cm³/mol. The Morgan fingerprint density at radius 1 is 1.15 bits per heavy atom. The number of ether oxygens (including phenoxy) is 1. The van der Waals surface area contributed by atoms with Crippen molar-refractivity contribution in [1.29, 1.82) is 0 Å². The number of benzene rings is 2. The normalized spacial score (nSPS) is 12.5. The molecule has 8 heteroatoms. The fraction of sp³-hybridized carbons (Fsp3) is 0.316. The number of hydrogen-bond donors (Lipinski definition) is 1. The number of halogens is 5. The van der Waals surface area contributed by atoms with Crippen molar-refractivity contribution in [3.63, 3.8) is 0 Å². The van der Waals surface area contributed by atoms with Gasteiger partial charge < -0.3 is 10.1 Å². The lowest BCUT2D eigenvalue weighted by Gasteiger charge is -2.18. The molecule has 0 aromatic heterocycles. The first kappa shape index (κ1) is 20.7. The van der Waals surface area contributed by atoms with Crippen molar-refractivity contribution in [3.8, 4) is 5.75 Å². The summed E-state index contributed by atoms with van der Waals surface area (Å²) in [5.41, 5.74) is -0.821. The number of rotatable bonds is 7. The van der Waals surface area contributed by atoms with E-state index in [9.17, 15) is 26.7 Å². The van der Waals surface area contributed by atoms with E-state index in [4.69, 9.17) is 4.74 Å². The SMILES string of the molecule is CC(COc1ccccc1C(F)(F)F)NC(=O)CCc1cc(F)ccc1F. The summed E-state index contributed by atoms with van der Waals surface area (Å²) in [6.45, 7) is 1.39. The number of hydrogen-bond acceptors (Lipinski definition) is 2. The summed E-state index contributed by atoms with van der Waals surface area (Å²) in [5.74, 6) is -1.98. The highest BCUT2D eigenvalue weighted by Gasteiger charge is 2.34. The van der Waals surface area contributed by atoms with E-state index < -0.39 is 35.3 Å². The van der Waals surface area contributed by atoms with Crippen LogP contribution in [0.2, 0.25) is 0 Å². The molecule has 0 aliphatic heterocycles. The molecule has 3 nitrogen and oxygen atoms in total. The molecule has 2 rings (SSSR count). The molecule has 0 radical (unpaired) electrons. The molecular formula is C19H18F5NO2. The van der Waals surface area contributed by atoms with Crippen LogP contribution in [0.1, 0.15) is 24.5 Å². The van der Waals surface area contributed by atoms with Gasteiger partial charge in [0.2, 0.25) is 5.91 Å². The molecule has 0 saturated heterocycles. The van der Waals surface area contributed by atoms with Crippen molar-refractivity contribution in [2.75, 3.05) is 6.61 Å². The summed E-state index contributed by atoms with van der Waals surface area (Å²) in [7, 11) is 0. The number of alkyl halides is 3. The summed E-state index contributed by atoms with van der Waals surface area (Å²) in [4.78, 5) is 11.9. The summed E-state index contributed by atoms with van der Waals surface area (Å²) in [6.07, 6.45) is -4.64. The van der Waals surface area contributed by atoms with Crippen LogP contribution in [0.15, 0.2) is 42.5 Å². The molecule has 146 valence electrons. The van der Waals surface area contributed by atoms with Gasteiger partial charge in [0.1, 0.15) is 24.0 Å². The van der Waals surface area contributed by atoms with Crippen LogP contribution in [-0.2, 0) is 17.4 Å². The lowest BCUT2D eigenvalue weighted by atomic mass is 10.1. The van der Waals surface area contributed by atoms with Crippen molar-refractivity contribution in [2.24, 2.45) is 0 Å². The van der Waals surface area contributed by atoms with Crippen LogP contribution in [0, 0.1) is 11.6 Å². The van der Waals surface area contributed by atoms with Gasteiger partial charge in [0.25, 0.3) is 0 Å².